The lowest BCUT2D eigenvalue weighted by atomic mass is 10.0. The molecule has 1 fully saturated rings. The van der Waals surface area contributed by atoms with Gasteiger partial charge in [-0.15, -0.1) is 0 Å². The highest BCUT2D eigenvalue weighted by molar-refractivity contribution is 5.83. The highest BCUT2D eigenvalue weighted by Gasteiger charge is 2.45. The van der Waals surface area contributed by atoms with E-state index in [9.17, 15) is 14.7 Å². The van der Waals surface area contributed by atoms with Crippen LogP contribution in [-0.2, 0) is 14.3 Å². The largest absolute Gasteiger partial charge is 0.458 e. The Labute approximate surface area is 126 Å². The van der Waals surface area contributed by atoms with Crippen LogP contribution in [0.1, 0.15) is 48.0 Å². The molecular formula is C15H27NO5. The van der Waals surface area contributed by atoms with Crippen molar-refractivity contribution in [3.05, 3.63) is 0 Å². The summed E-state index contributed by atoms with van der Waals surface area (Å²) in [4.78, 5) is 25.9. The minimum atomic E-state index is -0.788. The van der Waals surface area contributed by atoms with E-state index in [1.807, 2.05) is 0 Å². The molecule has 1 aliphatic rings. The average Bonchev–Trinajstić information content (AvgIpc) is 2.67. The molecule has 1 amide bonds. The normalized spacial score (nSPS) is 23.1. The fourth-order valence-electron chi connectivity index (χ4n) is 2.25. The van der Waals surface area contributed by atoms with E-state index in [1.165, 1.54) is 4.90 Å². The molecule has 0 radical (unpaired) electrons. The molecule has 1 aliphatic heterocycles. The third kappa shape index (κ3) is 5.19. The zero-order chi connectivity index (χ0) is 16.4. The number of carbonyl (C=O) groups is 2. The molecule has 0 aromatic heterocycles. The van der Waals surface area contributed by atoms with Crippen LogP contribution in [-0.4, -0.2) is 52.5 Å². The number of aliphatic hydroxyl groups is 1. The van der Waals surface area contributed by atoms with Gasteiger partial charge < -0.3 is 14.6 Å². The molecule has 0 aliphatic carbocycles. The zero-order valence-electron chi connectivity index (χ0n) is 13.8. The monoisotopic (exact) mass is 301 g/mol. The fourth-order valence-corrected chi connectivity index (χ4v) is 2.25. The standard InChI is InChI=1S/C15H27NO5/c1-14(2,3)20-12(18)11-10(9-17)7-8-16(11)13(19)21-15(4,5)6/h10-11,17H,7-9H2,1-6H3/t10-,11+/m0/s1. The number of rotatable bonds is 2. The topological polar surface area (TPSA) is 76.1 Å². The summed E-state index contributed by atoms with van der Waals surface area (Å²) >= 11 is 0. The van der Waals surface area contributed by atoms with Crippen LogP contribution >= 0.6 is 0 Å². The van der Waals surface area contributed by atoms with E-state index in [4.69, 9.17) is 9.47 Å². The van der Waals surface area contributed by atoms with Crippen LogP contribution in [0.15, 0.2) is 0 Å². The molecule has 1 rings (SSSR count). The summed E-state index contributed by atoms with van der Waals surface area (Å²) in [5, 5.41) is 9.43. The van der Waals surface area contributed by atoms with Crippen molar-refractivity contribution < 1.29 is 24.2 Å². The third-order valence-electron chi connectivity index (χ3n) is 3.03. The van der Waals surface area contributed by atoms with Crippen molar-refractivity contribution >= 4 is 12.1 Å². The van der Waals surface area contributed by atoms with Crippen LogP contribution in [0.4, 0.5) is 4.79 Å². The van der Waals surface area contributed by atoms with Crippen molar-refractivity contribution in [1.29, 1.82) is 0 Å². The molecule has 6 heteroatoms. The molecule has 0 aromatic carbocycles. The van der Waals surface area contributed by atoms with Crippen LogP contribution in [0.5, 0.6) is 0 Å². The molecule has 0 unspecified atom stereocenters. The quantitative estimate of drug-likeness (QED) is 0.789. The predicted octanol–water partition coefficient (Wildman–Crippen LogP) is 1.95. The van der Waals surface area contributed by atoms with E-state index in [1.54, 1.807) is 41.5 Å². The van der Waals surface area contributed by atoms with Crippen LogP contribution in [0.2, 0.25) is 0 Å². The third-order valence-corrected chi connectivity index (χ3v) is 3.03. The van der Waals surface area contributed by atoms with E-state index in [0.717, 1.165) is 0 Å². The Hall–Kier alpha value is -1.30. The summed E-state index contributed by atoms with van der Waals surface area (Å²) in [7, 11) is 0. The van der Waals surface area contributed by atoms with Gasteiger partial charge in [0.15, 0.2) is 0 Å². The first-order chi connectivity index (χ1) is 9.44. The molecule has 6 nitrogen and oxygen atoms in total. The zero-order valence-corrected chi connectivity index (χ0v) is 13.8. The van der Waals surface area contributed by atoms with Crippen LogP contribution in [0, 0.1) is 5.92 Å². The van der Waals surface area contributed by atoms with Crippen molar-refractivity contribution in [2.45, 2.75) is 65.2 Å². The highest BCUT2D eigenvalue weighted by atomic mass is 16.6. The van der Waals surface area contributed by atoms with E-state index >= 15 is 0 Å². The maximum atomic E-state index is 12.3. The summed E-state index contributed by atoms with van der Waals surface area (Å²) in [6.45, 7) is 10.8. The number of esters is 1. The Morgan fingerprint density at radius 1 is 1.10 bits per heavy atom. The van der Waals surface area contributed by atoms with Gasteiger partial charge in [-0.1, -0.05) is 0 Å². The minimum Gasteiger partial charge on any atom is -0.458 e. The highest BCUT2D eigenvalue weighted by Crippen LogP contribution is 2.28. The first-order valence-corrected chi connectivity index (χ1v) is 7.28. The SMILES string of the molecule is CC(C)(C)OC(=O)[C@H]1[C@H](CO)CCN1C(=O)OC(C)(C)C. The lowest BCUT2D eigenvalue weighted by Gasteiger charge is -2.31. The van der Waals surface area contributed by atoms with E-state index in [2.05, 4.69) is 0 Å². The first kappa shape index (κ1) is 17.8. The number of likely N-dealkylation sites (tertiary alicyclic amines) is 1. The van der Waals surface area contributed by atoms with Crippen molar-refractivity contribution in [1.82, 2.24) is 4.90 Å². The molecule has 0 bridgehead atoms. The number of hydrogen-bond acceptors (Lipinski definition) is 5. The van der Waals surface area contributed by atoms with Gasteiger partial charge in [0.05, 0.1) is 0 Å². The molecule has 2 atom stereocenters. The maximum Gasteiger partial charge on any atom is 0.411 e. The second kappa shape index (κ2) is 6.22. The van der Waals surface area contributed by atoms with Gasteiger partial charge in [-0.2, -0.15) is 0 Å². The average molecular weight is 301 g/mol. The van der Waals surface area contributed by atoms with Gasteiger partial charge in [0.25, 0.3) is 0 Å². The maximum absolute atomic E-state index is 12.3. The van der Waals surface area contributed by atoms with Crippen molar-refractivity contribution in [2.24, 2.45) is 5.92 Å². The van der Waals surface area contributed by atoms with E-state index in [-0.39, 0.29) is 12.5 Å². The number of hydrogen-bond donors (Lipinski definition) is 1. The summed E-state index contributed by atoms with van der Waals surface area (Å²) in [5.74, 6) is -0.808. The number of carbonyl (C=O) groups excluding carboxylic acids is 2. The second-order valence-corrected chi connectivity index (χ2v) is 7.38. The van der Waals surface area contributed by atoms with Gasteiger partial charge >= 0.3 is 12.1 Å². The molecular weight excluding hydrogens is 274 g/mol. The van der Waals surface area contributed by atoms with Gasteiger partial charge in [0.2, 0.25) is 0 Å². The van der Waals surface area contributed by atoms with Crippen molar-refractivity contribution in [3.63, 3.8) is 0 Å². The van der Waals surface area contributed by atoms with Crippen LogP contribution in [0.3, 0.4) is 0 Å². The molecule has 1 saturated heterocycles. The molecule has 0 spiro atoms. The first-order valence-electron chi connectivity index (χ1n) is 7.28. The van der Waals surface area contributed by atoms with Gasteiger partial charge in [-0.3, -0.25) is 4.90 Å². The van der Waals surface area contributed by atoms with Gasteiger partial charge in [0.1, 0.15) is 17.2 Å². The Kier molecular flexibility index (Phi) is 5.25. The predicted molar refractivity (Wildman–Crippen MR) is 77.8 cm³/mol. The number of amides is 1. The minimum absolute atomic E-state index is 0.163. The number of aliphatic hydroxyl groups excluding tert-OH is 1. The van der Waals surface area contributed by atoms with E-state index < -0.39 is 29.3 Å². The summed E-state index contributed by atoms with van der Waals surface area (Å²) in [6, 6.07) is -0.788. The lowest BCUT2D eigenvalue weighted by molar-refractivity contribution is -0.162. The molecule has 0 aromatic rings. The van der Waals surface area contributed by atoms with Crippen molar-refractivity contribution in [2.75, 3.05) is 13.2 Å². The van der Waals surface area contributed by atoms with Gasteiger partial charge in [-0.05, 0) is 48.0 Å². The Balaban J connectivity index is 2.88. The molecule has 1 N–H and O–H groups in total. The Bertz CT molecular complexity index is 394. The summed E-state index contributed by atoms with van der Waals surface area (Å²) < 4.78 is 10.7. The Morgan fingerprint density at radius 3 is 2.05 bits per heavy atom. The van der Waals surface area contributed by atoms with E-state index in [0.29, 0.717) is 13.0 Å². The summed E-state index contributed by atoms with van der Waals surface area (Å²) in [5.41, 5.74) is -1.27. The lowest BCUT2D eigenvalue weighted by Crippen LogP contribution is -2.48. The van der Waals surface area contributed by atoms with Crippen LogP contribution in [0.25, 0.3) is 0 Å². The van der Waals surface area contributed by atoms with Crippen LogP contribution < -0.4 is 0 Å². The molecule has 122 valence electrons. The number of ether oxygens (including phenoxy) is 2. The number of nitrogens with zero attached hydrogens (tertiary/aromatic N) is 1. The summed E-state index contributed by atoms with van der Waals surface area (Å²) in [6.07, 6.45) is 0.00827. The molecule has 21 heavy (non-hydrogen) atoms. The molecule has 1 heterocycles. The smallest absolute Gasteiger partial charge is 0.411 e. The van der Waals surface area contributed by atoms with Gasteiger partial charge in [0, 0.05) is 19.1 Å². The second-order valence-electron chi connectivity index (χ2n) is 7.38. The molecule has 0 saturated carbocycles. The van der Waals surface area contributed by atoms with Crippen molar-refractivity contribution in [3.8, 4) is 0 Å². The van der Waals surface area contributed by atoms with Gasteiger partial charge in [-0.25, -0.2) is 9.59 Å². The Morgan fingerprint density at radius 2 is 1.62 bits per heavy atom. The fraction of sp³-hybridized carbons (Fsp3) is 0.867.